The Morgan fingerprint density at radius 2 is 1.38 bits per heavy atom. The van der Waals surface area contributed by atoms with E-state index < -0.39 is 28.8 Å². The second-order valence-corrected chi connectivity index (χ2v) is 9.67. The fraction of sp³-hybridized carbons (Fsp3) is 0.133. The number of alkyl halides is 3. The number of thioether (sulfide) groups is 1. The van der Waals surface area contributed by atoms with Crippen LogP contribution in [0.5, 0.6) is 11.5 Å². The Morgan fingerprint density at radius 3 is 1.98 bits per heavy atom. The lowest BCUT2D eigenvalue weighted by molar-refractivity contribution is -0.137. The van der Waals surface area contributed by atoms with Gasteiger partial charge in [-0.05, 0) is 60.2 Å². The fourth-order valence-corrected chi connectivity index (χ4v) is 4.93. The molecule has 0 bridgehead atoms. The summed E-state index contributed by atoms with van der Waals surface area (Å²) in [7, 11) is 2.92. The molecule has 206 valence electrons. The summed E-state index contributed by atoms with van der Waals surface area (Å²) in [6.07, 6.45) is -4.53. The first-order valence-electron chi connectivity index (χ1n) is 12.0. The first-order valence-corrected chi connectivity index (χ1v) is 12.9. The van der Waals surface area contributed by atoms with Crippen LogP contribution in [0, 0.1) is 0 Å². The Labute approximate surface area is 233 Å². The number of hydrogen-bond acceptors (Lipinski definition) is 5. The number of rotatable bonds is 9. The molecule has 40 heavy (non-hydrogen) atoms. The van der Waals surface area contributed by atoms with Crippen LogP contribution in [0.1, 0.15) is 26.7 Å². The highest BCUT2D eigenvalue weighted by Crippen LogP contribution is 2.38. The average Bonchev–Trinajstić information content (AvgIpc) is 2.96. The molecule has 4 aromatic carbocycles. The Morgan fingerprint density at radius 1 is 0.750 bits per heavy atom. The van der Waals surface area contributed by atoms with E-state index in [0.717, 1.165) is 12.1 Å². The average molecular weight is 567 g/mol. The minimum Gasteiger partial charge on any atom is -0.496 e. The van der Waals surface area contributed by atoms with Gasteiger partial charge in [-0.3, -0.25) is 9.59 Å². The molecule has 10 heteroatoms. The molecule has 1 atom stereocenters. The molecular weight excluding hydrogens is 541 g/mol. The molecule has 0 radical (unpaired) electrons. The van der Waals surface area contributed by atoms with Crippen LogP contribution in [-0.2, 0) is 11.0 Å². The molecule has 0 spiro atoms. The smallest absolute Gasteiger partial charge is 0.416 e. The zero-order valence-electron chi connectivity index (χ0n) is 21.5. The van der Waals surface area contributed by atoms with Crippen LogP contribution in [0.3, 0.4) is 0 Å². The van der Waals surface area contributed by atoms with E-state index in [-0.39, 0.29) is 11.3 Å². The van der Waals surface area contributed by atoms with Crippen LogP contribution in [0.25, 0.3) is 0 Å². The highest BCUT2D eigenvalue weighted by Gasteiger charge is 2.31. The molecule has 0 aliphatic heterocycles. The van der Waals surface area contributed by atoms with E-state index >= 15 is 0 Å². The summed E-state index contributed by atoms with van der Waals surface area (Å²) in [6, 6.07) is 25.3. The van der Waals surface area contributed by atoms with Gasteiger partial charge in [0.2, 0.25) is 5.91 Å². The zero-order valence-corrected chi connectivity index (χ0v) is 22.3. The maximum absolute atomic E-state index is 13.3. The van der Waals surface area contributed by atoms with Crippen molar-refractivity contribution in [2.24, 2.45) is 0 Å². The third-order valence-corrected chi connectivity index (χ3v) is 7.09. The summed E-state index contributed by atoms with van der Waals surface area (Å²) in [5, 5.41) is 4.67. The summed E-state index contributed by atoms with van der Waals surface area (Å²) < 4.78 is 50.0. The second kappa shape index (κ2) is 12.6. The van der Waals surface area contributed by atoms with E-state index in [9.17, 15) is 22.8 Å². The summed E-state index contributed by atoms with van der Waals surface area (Å²) in [5.41, 5.74) is 0.634. The molecule has 0 aromatic heterocycles. The Hall–Kier alpha value is -4.44. The number of amides is 2. The largest absolute Gasteiger partial charge is 0.496 e. The summed E-state index contributed by atoms with van der Waals surface area (Å²) in [5.74, 6) is -0.170. The highest BCUT2D eigenvalue weighted by atomic mass is 32.2. The SMILES string of the molecule is COc1cccc(OC)c1C(=O)Nc1ccc(SC(C(=O)Nc2cccc(C(F)(F)F)c2)c2ccccc2)cc1. The molecule has 0 saturated carbocycles. The van der Waals surface area contributed by atoms with Gasteiger partial charge in [0.25, 0.3) is 5.91 Å². The fourth-order valence-electron chi connectivity index (χ4n) is 3.90. The molecule has 0 fully saturated rings. The third-order valence-electron chi connectivity index (χ3n) is 5.82. The van der Waals surface area contributed by atoms with Crippen molar-refractivity contribution in [3.05, 3.63) is 114 Å². The number of carbonyl (C=O) groups excluding carboxylic acids is 2. The van der Waals surface area contributed by atoms with Crippen molar-refractivity contribution < 1.29 is 32.2 Å². The predicted octanol–water partition coefficient (Wildman–Crippen LogP) is 7.45. The van der Waals surface area contributed by atoms with Crippen molar-refractivity contribution in [2.45, 2.75) is 16.3 Å². The molecule has 0 aliphatic carbocycles. The van der Waals surface area contributed by atoms with Crippen LogP contribution < -0.4 is 20.1 Å². The number of methoxy groups -OCH3 is 2. The zero-order chi connectivity index (χ0) is 28.7. The van der Waals surface area contributed by atoms with Gasteiger partial charge in [0, 0.05) is 16.3 Å². The van der Waals surface area contributed by atoms with Crippen molar-refractivity contribution in [3.8, 4) is 11.5 Å². The highest BCUT2D eigenvalue weighted by molar-refractivity contribution is 8.00. The van der Waals surface area contributed by atoms with Crippen LogP contribution >= 0.6 is 11.8 Å². The van der Waals surface area contributed by atoms with E-state index in [1.807, 2.05) is 6.07 Å². The summed E-state index contributed by atoms with van der Waals surface area (Å²) in [4.78, 5) is 27.0. The van der Waals surface area contributed by atoms with E-state index in [2.05, 4.69) is 10.6 Å². The van der Waals surface area contributed by atoms with Crippen LogP contribution in [-0.4, -0.2) is 26.0 Å². The van der Waals surface area contributed by atoms with E-state index in [0.29, 0.717) is 27.6 Å². The maximum Gasteiger partial charge on any atom is 0.416 e. The van der Waals surface area contributed by atoms with Gasteiger partial charge in [-0.15, -0.1) is 11.8 Å². The lowest BCUT2D eigenvalue weighted by Gasteiger charge is -2.18. The summed E-state index contributed by atoms with van der Waals surface area (Å²) in [6.45, 7) is 0. The topological polar surface area (TPSA) is 76.7 Å². The number of carbonyl (C=O) groups is 2. The van der Waals surface area contributed by atoms with Crippen LogP contribution in [0.2, 0.25) is 0 Å². The van der Waals surface area contributed by atoms with Crippen LogP contribution in [0.15, 0.2) is 102 Å². The third kappa shape index (κ3) is 6.95. The number of benzene rings is 4. The molecule has 4 aromatic rings. The van der Waals surface area contributed by atoms with Gasteiger partial charge in [0.15, 0.2) is 0 Å². The quantitative estimate of drug-likeness (QED) is 0.206. The minimum absolute atomic E-state index is 0.0474. The Balaban J connectivity index is 1.52. The maximum atomic E-state index is 13.3. The first kappa shape index (κ1) is 28.6. The van der Waals surface area contributed by atoms with Crippen molar-refractivity contribution in [1.29, 1.82) is 0 Å². The molecule has 1 unspecified atom stereocenters. The van der Waals surface area contributed by atoms with E-state index in [1.54, 1.807) is 66.7 Å². The molecule has 2 amide bonds. The number of halogens is 3. The number of ether oxygens (including phenoxy) is 2. The molecule has 2 N–H and O–H groups in total. The second-order valence-electron chi connectivity index (χ2n) is 8.49. The van der Waals surface area contributed by atoms with E-state index in [4.69, 9.17) is 9.47 Å². The standard InChI is InChI=1S/C30H25F3N2O4S/c1-38-24-12-7-13-25(39-2)26(24)28(36)34-21-14-16-23(17-15-21)40-27(19-8-4-3-5-9-19)29(37)35-22-11-6-10-20(18-22)30(31,32)33/h3-18,27H,1-2H3,(H,34,36)(H,35,37). The van der Waals surface area contributed by atoms with Crippen molar-refractivity contribution >= 4 is 35.0 Å². The van der Waals surface area contributed by atoms with Gasteiger partial charge < -0.3 is 20.1 Å². The van der Waals surface area contributed by atoms with Gasteiger partial charge in [0.05, 0.1) is 19.8 Å². The normalized spacial score (nSPS) is 11.8. The summed E-state index contributed by atoms with van der Waals surface area (Å²) >= 11 is 1.23. The van der Waals surface area contributed by atoms with Crippen LogP contribution in [0.4, 0.5) is 24.5 Å². The number of hydrogen-bond donors (Lipinski definition) is 2. The van der Waals surface area contributed by atoms with Gasteiger partial charge in [-0.25, -0.2) is 0 Å². The monoisotopic (exact) mass is 566 g/mol. The molecule has 0 saturated heterocycles. The molecule has 0 heterocycles. The van der Waals surface area contributed by atoms with Crippen molar-refractivity contribution in [2.75, 3.05) is 24.9 Å². The predicted molar refractivity (Wildman–Crippen MR) is 149 cm³/mol. The lowest BCUT2D eigenvalue weighted by atomic mass is 10.1. The number of anilines is 2. The van der Waals surface area contributed by atoms with Crippen molar-refractivity contribution in [3.63, 3.8) is 0 Å². The van der Waals surface area contributed by atoms with Gasteiger partial charge in [0.1, 0.15) is 22.3 Å². The van der Waals surface area contributed by atoms with Gasteiger partial charge in [-0.2, -0.15) is 13.2 Å². The molecule has 4 rings (SSSR count). The molecule has 0 aliphatic rings. The molecular formula is C30H25F3N2O4S. The minimum atomic E-state index is -4.53. The van der Waals surface area contributed by atoms with Crippen molar-refractivity contribution in [1.82, 2.24) is 0 Å². The Kier molecular flexibility index (Phi) is 9.00. The van der Waals surface area contributed by atoms with Gasteiger partial charge >= 0.3 is 6.18 Å². The molecule has 6 nitrogen and oxygen atoms in total. The Bertz CT molecular complexity index is 1460. The van der Waals surface area contributed by atoms with E-state index in [1.165, 1.54) is 38.1 Å². The lowest BCUT2D eigenvalue weighted by Crippen LogP contribution is -2.19. The van der Waals surface area contributed by atoms with Gasteiger partial charge in [-0.1, -0.05) is 42.5 Å². The number of nitrogens with one attached hydrogen (secondary N) is 2. The first-order chi connectivity index (χ1) is 19.2.